The minimum atomic E-state index is -0.321. The molecule has 3 N–H and O–H groups in total. The first kappa shape index (κ1) is 12.4. The Bertz CT molecular complexity index is 703. The molecule has 2 heterocycles. The summed E-state index contributed by atoms with van der Waals surface area (Å²) in [6.45, 7) is 1.15. The van der Waals surface area contributed by atoms with Crippen LogP contribution in [0.1, 0.15) is 21.6 Å². The molecule has 3 rings (SSSR count). The fraction of sp³-hybridized carbons (Fsp3) is 0.214. The Hall–Kier alpha value is -2.63. The standard InChI is InChI=1S/C14H14N4O2/c15-11-2-1-9-5-6-18(8-10(9)7-11)14(20)12-3-4-13(19)17-16-12/h1-4,7H,5-6,8,15H2,(H,17,19). The first-order valence-corrected chi connectivity index (χ1v) is 6.36. The molecule has 20 heavy (non-hydrogen) atoms. The molecule has 0 aliphatic carbocycles. The van der Waals surface area contributed by atoms with E-state index in [1.54, 1.807) is 4.90 Å². The van der Waals surface area contributed by atoms with Gasteiger partial charge in [0.1, 0.15) is 5.69 Å². The average molecular weight is 270 g/mol. The van der Waals surface area contributed by atoms with E-state index in [0.29, 0.717) is 18.8 Å². The molecule has 0 fully saturated rings. The summed E-state index contributed by atoms with van der Waals surface area (Å²) in [6.07, 6.45) is 0.796. The van der Waals surface area contributed by atoms with Crippen LogP contribution >= 0.6 is 0 Å². The third-order valence-electron chi connectivity index (χ3n) is 3.43. The molecule has 0 unspecified atom stereocenters. The highest BCUT2D eigenvalue weighted by molar-refractivity contribution is 5.92. The maximum Gasteiger partial charge on any atom is 0.274 e. The van der Waals surface area contributed by atoms with Crippen LogP contribution in [0.3, 0.4) is 0 Å². The van der Waals surface area contributed by atoms with Crippen molar-refractivity contribution >= 4 is 11.6 Å². The number of aromatic amines is 1. The number of anilines is 1. The molecule has 6 heteroatoms. The van der Waals surface area contributed by atoms with Crippen molar-refractivity contribution in [1.29, 1.82) is 0 Å². The molecule has 1 aliphatic heterocycles. The van der Waals surface area contributed by atoms with E-state index in [0.717, 1.165) is 12.0 Å². The maximum absolute atomic E-state index is 12.3. The van der Waals surface area contributed by atoms with Crippen molar-refractivity contribution in [1.82, 2.24) is 15.1 Å². The highest BCUT2D eigenvalue weighted by atomic mass is 16.2. The fourth-order valence-electron chi connectivity index (χ4n) is 2.38. The smallest absolute Gasteiger partial charge is 0.274 e. The number of nitrogens with two attached hydrogens (primary N) is 1. The maximum atomic E-state index is 12.3. The van der Waals surface area contributed by atoms with E-state index < -0.39 is 0 Å². The topological polar surface area (TPSA) is 92.1 Å². The van der Waals surface area contributed by atoms with Gasteiger partial charge in [0.05, 0.1) is 0 Å². The second-order valence-electron chi connectivity index (χ2n) is 4.81. The highest BCUT2D eigenvalue weighted by Crippen LogP contribution is 2.22. The minimum Gasteiger partial charge on any atom is -0.399 e. The zero-order chi connectivity index (χ0) is 14.1. The second-order valence-corrected chi connectivity index (χ2v) is 4.81. The zero-order valence-electron chi connectivity index (χ0n) is 10.8. The molecule has 0 spiro atoms. The van der Waals surface area contributed by atoms with Gasteiger partial charge in [-0.1, -0.05) is 6.07 Å². The summed E-state index contributed by atoms with van der Waals surface area (Å²) in [5.41, 5.74) is 8.68. The Labute approximate surface area is 115 Å². The van der Waals surface area contributed by atoms with Gasteiger partial charge >= 0.3 is 0 Å². The van der Waals surface area contributed by atoms with Crippen LogP contribution in [0.4, 0.5) is 5.69 Å². The molecule has 0 radical (unpaired) electrons. The number of benzene rings is 1. The van der Waals surface area contributed by atoms with Crippen LogP contribution in [0.2, 0.25) is 0 Å². The molecule has 1 amide bonds. The van der Waals surface area contributed by atoms with E-state index in [-0.39, 0.29) is 17.2 Å². The van der Waals surface area contributed by atoms with Crippen LogP contribution < -0.4 is 11.3 Å². The lowest BCUT2D eigenvalue weighted by atomic mass is 9.99. The lowest BCUT2D eigenvalue weighted by molar-refractivity contribution is 0.0727. The van der Waals surface area contributed by atoms with E-state index in [2.05, 4.69) is 10.2 Å². The Morgan fingerprint density at radius 2 is 2.10 bits per heavy atom. The SMILES string of the molecule is Nc1ccc2c(c1)CN(C(=O)c1ccc(=O)[nH]n1)CC2. The van der Waals surface area contributed by atoms with Crippen LogP contribution in [-0.4, -0.2) is 27.5 Å². The van der Waals surface area contributed by atoms with Gasteiger partial charge in [-0.25, -0.2) is 5.10 Å². The Morgan fingerprint density at radius 1 is 1.25 bits per heavy atom. The van der Waals surface area contributed by atoms with E-state index in [9.17, 15) is 9.59 Å². The van der Waals surface area contributed by atoms with Crippen LogP contribution in [-0.2, 0) is 13.0 Å². The van der Waals surface area contributed by atoms with Crippen molar-refractivity contribution in [2.45, 2.75) is 13.0 Å². The van der Waals surface area contributed by atoms with Crippen molar-refractivity contribution in [3.05, 3.63) is 57.5 Å². The van der Waals surface area contributed by atoms with Gasteiger partial charge in [-0.15, -0.1) is 0 Å². The quantitative estimate of drug-likeness (QED) is 0.740. The molecule has 1 aliphatic rings. The highest BCUT2D eigenvalue weighted by Gasteiger charge is 2.22. The van der Waals surface area contributed by atoms with Gasteiger partial charge < -0.3 is 10.6 Å². The molecule has 0 bridgehead atoms. The number of nitrogens with zero attached hydrogens (tertiary/aromatic N) is 2. The molecule has 0 saturated carbocycles. The number of nitrogens with one attached hydrogen (secondary N) is 1. The molecule has 0 atom stereocenters. The van der Waals surface area contributed by atoms with Crippen molar-refractivity contribution in [2.75, 3.05) is 12.3 Å². The summed E-state index contributed by atoms with van der Waals surface area (Å²) < 4.78 is 0. The number of carbonyl (C=O) groups is 1. The van der Waals surface area contributed by atoms with Crippen molar-refractivity contribution in [2.24, 2.45) is 0 Å². The molecule has 1 aromatic carbocycles. The summed E-state index contributed by atoms with van der Waals surface area (Å²) in [5.74, 6) is -0.186. The van der Waals surface area contributed by atoms with Crippen LogP contribution in [0.5, 0.6) is 0 Å². The van der Waals surface area contributed by atoms with Gasteiger partial charge in [0.15, 0.2) is 0 Å². The van der Waals surface area contributed by atoms with E-state index in [4.69, 9.17) is 5.73 Å². The van der Waals surface area contributed by atoms with Crippen molar-refractivity contribution in [3.8, 4) is 0 Å². The van der Waals surface area contributed by atoms with E-state index in [1.807, 2.05) is 18.2 Å². The van der Waals surface area contributed by atoms with Gasteiger partial charge in [0, 0.05) is 24.8 Å². The minimum absolute atomic E-state index is 0.186. The first-order chi connectivity index (χ1) is 9.63. The Morgan fingerprint density at radius 3 is 2.85 bits per heavy atom. The van der Waals surface area contributed by atoms with E-state index >= 15 is 0 Å². The number of amides is 1. The van der Waals surface area contributed by atoms with Gasteiger partial charge in [-0.3, -0.25) is 9.59 Å². The first-order valence-electron chi connectivity index (χ1n) is 6.36. The molecular formula is C14H14N4O2. The number of H-pyrrole nitrogens is 1. The largest absolute Gasteiger partial charge is 0.399 e. The third kappa shape index (κ3) is 2.27. The number of aromatic nitrogens is 2. The predicted molar refractivity (Wildman–Crippen MR) is 74.2 cm³/mol. The number of fused-ring (bicyclic) bond motifs is 1. The third-order valence-corrected chi connectivity index (χ3v) is 3.43. The Kier molecular flexibility index (Phi) is 2.98. The van der Waals surface area contributed by atoms with Gasteiger partial charge in [-0.05, 0) is 35.7 Å². The lowest BCUT2D eigenvalue weighted by Crippen LogP contribution is -2.36. The number of rotatable bonds is 1. The molecule has 6 nitrogen and oxygen atoms in total. The Balaban J connectivity index is 1.84. The summed E-state index contributed by atoms with van der Waals surface area (Å²) >= 11 is 0. The van der Waals surface area contributed by atoms with Crippen LogP contribution in [0.15, 0.2) is 35.1 Å². The number of hydrogen-bond donors (Lipinski definition) is 2. The van der Waals surface area contributed by atoms with Gasteiger partial charge in [-0.2, -0.15) is 5.10 Å². The van der Waals surface area contributed by atoms with Crippen LogP contribution in [0, 0.1) is 0 Å². The van der Waals surface area contributed by atoms with Crippen molar-refractivity contribution < 1.29 is 4.79 Å². The zero-order valence-corrected chi connectivity index (χ0v) is 10.8. The molecule has 2 aromatic rings. The van der Waals surface area contributed by atoms with Crippen LogP contribution in [0.25, 0.3) is 0 Å². The van der Waals surface area contributed by atoms with E-state index in [1.165, 1.54) is 17.7 Å². The molecular weight excluding hydrogens is 256 g/mol. The number of carbonyl (C=O) groups excluding carboxylic acids is 1. The summed E-state index contributed by atoms with van der Waals surface area (Å²) in [6, 6.07) is 8.52. The monoisotopic (exact) mass is 270 g/mol. The van der Waals surface area contributed by atoms with Crippen molar-refractivity contribution in [3.63, 3.8) is 0 Å². The average Bonchev–Trinajstić information content (AvgIpc) is 2.46. The fourth-order valence-corrected chi connectivity index (χ4v) is 2.38. The van der Waals surface area contributed by atoms with Gasteiger partial charge in [0.25, 0.3) is 11.5 Å². The second kappa shape index (κ2) is 4.80. The normalized spacial score (nSPS) is 13.9. The molecule has 0 saturated heterocycles. The molecule has 102 valence electrons. The summed E-state index contributed by atoms with van der Waals surface area (Å²) in [5, 5.41) is 6.05. The predicted octanol–water partition coefficient (Wildman–Crippen LogP) is 0.551. The lowest BCUT2D eigenvalue weighted by Gasteiger charge is -2.28. The number of nitrogen functional groups attached to an aromatic ring is 1. The summed E-state index contributed by atoms with van der Waals surface area (Å²) in [4.78, 5) is 25.0. The van der Waals surface area contributed by atoms with Gasteiger partial charge in [0.2, 0.25) is 0 Å². The summed E-state index contributed by atoms with van der Waals surface area (Å²) in [7, 11) is 0. The number of hydrogen-bond acceptors (Lipinski definition) is 4. The molecule has 1 aromatic heterocycles.